The van der Waals surface area contributed by atoms with Crippen molar-refractivity contribution in [1.82, 2.24) is 5.32 Å². The van der Waals surface area contributed by atoms with Gasteiger partial charge in [-0.3, -0.25) is 0 Å². The van der Waals surface area contributed by atoms with E-state index in [-0.39, 0.29) is 0 Å². The minimum atomic E-state index is 0.656. The molecular weight excluding hydrogens is 242 g/mol. The maximum absolute atomic E-state index is 5.49. The fourth-order valence-corrected chi connectivity index (χ4v) is 1.66. The first-order valence-corrected chi connectivity index (χ1v) is 7.62. The lowest BCUT2D eigenvalue weighted by Crippen LogP contribution is -2.20. The molecule has 0 radical (unpaired) electrons. The Balaban J connectivity index is 2.91. The van der Waals surface area contributed by atoms with Crippen molar-refractivity contribution in [2.24, 2.45) is 5.92 Å². The average Bonchev–Trinajstić information content (AvgIpc) is 2.39. The van der Waals surface area contributed by atoms with Crippen molar-refractivity contribution in [3.8, 4) is 0 Å². The molecule has 116 valence electrons. The Bertz CT molecular complexity index is 165. The molecule has 0 bridgehead atoms. The van der Waals surface area contributed by atoms with Crippen LogP contribution >= 0.6 is 0 Å². The van der Waals surface area contributed by atoms with Crippen LogP contribution in [-0.2, 0) is 14.2 Å². The maximum atomic E-state index is 5.49. The number of hydrogen-bond donors (Lipinski definition) is 1. The van der Waals surface area contributed by atoms with E-state index < -0.39 is 0 Å². The highest BCUT2D eigenvalue weighted by atomic mass is 16.5. The van der Waals surface area contributed by atoms with Gasteiger partial charge in [-0.2, -0.15) is 0 Å². The number of methoxy groups -OCH3 is 1. The second-order valence-corrected chi connectivity index (χ2v) is 5.23. The standard InChI is InChI=1S/C15H33NO3/c1-15(2)14-16-8-6-4-5-7-9-18-12-13-19-11-10-17-3/h15-16H,4-14H2,1-3H3. The van der Waals surface area contributed by atoms with Gasteiger partial charge in [-0.1, -0.05) is 26.7 Å². The van der Waals surface area contributed by atoms with E-state index in [0.29, 0.717) is 26.4 Å². The molecule has 1 N–H and O–H groups in total. The van der Waals surface area contributed by atoms with Crippen molar-refractivity contribution in [3.05, 3.63) is 0 Å². The van der Waals surface area contributed by atoms with Gasteiger partial charge in [-0.25, -0.2) is 0 Å². The highest BCUT2D eigenvalue weighted by Crippen LogP contribution is 1.99. The molecule has 4 nitrogen and oxygen atoms in total. The monoisotopic (exact) mass is 275 g/mol. The summed E-state index contributed by atoms with van der Waals surface area (Å²) >= 11 is 0. The van der Waals surface area contributed by atoms with Crippen molar-refractivity contribution in [1.29, 1.82) is 0 Å². The Morgan fingerprint density at radius 2 is 1.42 bits per heavy atom. The highest BCUT2D eigenvalue weighted by Gasteiger charge is 1.94. The molecule has 0 atom stereocenters. The predicted molar refractivity (Wildman–Crippen MR) is 79.7 cm³/mol. The summed E-state index contributed by atoms with van der Waals surface area (Å²) in [6.07, 6.45) is 4.97. The molecule has 19 heavy (non-hydrogen) atoms. The number of hydrogen-bond acceptors (Lipinski definition) is 4. The second-order valence-electron chi connectivity index (χ2n) is 5.23. The molecular formula is C15H33NO3. The van der Waals surface area contributed by atoms with Crippen LogP contribution in [0.3, 0.4) is 0 Å². The lowest BCUT2D eigenvalue weighted by molar-refractivity contribution is 0.0239. The van der Waals surface area contributed by atoms with Crippen molar-refractivity contribution >= 4 is 0 Å². The Morgan fingerprint density at radius 3 is 2.11 bits per heavy atom. The van der Waals surface area contributed by atoms with Crippen LogP contribution in [0.25, 0.3) is 0 Å². The summed E-state index contributed by atoms with van der Waals surface area (Å²) in [6, 6.07) is 0. The molecule has 0 saturated carbocycles. The van der Waals surface area contributed by atoms with E-state index in [4.69, 9.17) is 14.2 Å². The van der Waals surface area contributed by atoms with Gasteiger partial charge >= 0.3 is 0 Å². The minimum Gasteiger partial charge on any atom is -0.382 e. The van der Waals surface area contributed by atoms with Crippen LogP contribution in [0.1, 0.15) is 39.5 Å². The lowest BCUT2D eigenvalue weighted by atomic mass is 10.2. The van der Waals surface area contributed by atoms with Gasteiger partial charge in [-0.05, 0) is 31.8 Å². The predicted octanol–water partition coefficient (Wildman–Crippen LogP) is 2.47. The van der Waals surface area contributed by atoms with Crippen LogP contribution in [0.4, 0.5) is 0 Å². The number of unbranched alkanes of at least 4 members (excludes halogenated alkanes) is 3. The van der Waals surface area contributed by atoms with Crippen LogP contribution in [0.2, 0.25) is 0 Å². The summed E-state index contributed by atoms with van der Waals surface area (Å²) in [5.74, 6) is 0.750. The lowest BCUT2D eigenvalue weighted by Gasteiger charge is -2.07. The molecule has 0 spiro atoms. The summed E-state index contributed by atoms with van der Waals surface area (Å²) in [6.45, 7) is 10.3. The van der Waals surface area contributed by atoms with E-state index in [0.717, 1.165) is 32.0 Å². The van der Waals surface area contributed by atoms with Gasteiger partial charge in [0.2, 0.25) is 0 Å². The van der Waals surface area contributed by atoms with Gasteiger partial charge < -0.3 is 19.5 Å². The average molecular weight is 275 g/mol. The third kappa shape index (κ3) is 17.8. The van der Waals surface area contributed by atoms with E-state index in [1.54, 1.807) is 7.11 Å². The van der Waals surface area contributed by atoms with E-state index >= 15 is 0 Å². The topological polar surface area (TPSA) is 39.7 Å². The van der Waals surface area contributed by atoms with Crippen LogP contribution in [0.15, 0.2) is 0 Å². The normalized spacial score (nSPS) is 11.4. The van der Waals surface area contributed by atoms with Crippen LogP contribution in [0, 0.1) is 5.92 Å². The third-order valence-electron chi connectivity index (χ3n) is 2.75. The van der Waals surface area contributed by atoms with Crippen LogP contribution in [-0.4, -0.2) is 53.2 Å². The van der Waals surface area contributed by atoms with E-state index in [9.17, 15) is 0 Å². The molecule has 4 heteroatoms. The fraction of sp³-hybridized carbons (Fsp3) is 1.00. The molecule has 0 aliphatic carbocycles. The van der Waals surface area contributed by atoms with E-state index in [2.05, 4.69) is 19.2 Å². The quantitative estimate of drug-likeness (QED) is 0.466. The molecule has 0 aromatic rings. The largest absolute Gasteiger partial charge is 0.382 e. The summed E-state index contributed by atoms with van der Waals surface area (Å²) in [5.41, 5.74) is 0. The van der Waals surface area contributed by atoms with Crippen LogP contribution < -0.4 is 5.32 Å². The highest BCUT2D eigenvalue weighted by molar-refractivity contribution is 4.52. The van der Waals surface area contributed by atoms with Gasteiger partial charge in [0.05, 0.1) is 26.4 Å². The van der Waals surface area contributed by atoms with Gasteiger partial charge in [0, 0.05) is 13.7 Å². The Kier molecular flexibility index (Phi) is 15.8. The number of nitrogens with one attached hydrogen (secondary N) is 1. The molecule has 0 aliphatic heterocycles. The Hall–Kier alpha value is -0.160. The van der Waals surface area contributed by atoms with Crippen molar-refractivity contribution in [3.63, 3.8) is 0 Å². The summed E-state index contributed by atoms with van der Waals surface area (Å²) in [5, 5.41) is 3.46. The summed E-state index contributed by atoms with van der Waals surface area (Å²) < 4.78 is 15.7. The Labute approximate surface area is 119 Å². The number of rotatable bonds is 15. The van der Waals surface area contributed by atoms with Gasteiger partial charge in [0.1, 0.15) is 0 Å². The van der Waals surface area contributed by atoms with E-state index in [1.165, 1.54) is 19.3 Å². The molecule has 0 aromatic heterocycles. The van der Waals surface area contributed by atoms with Gasteiger partial charge in [0.15, 0.2) is 0 Å². The zero-order valence-corrected chi connectivity index (χ0v) is 13.1. The zero-order valence-electron chi connectivity index (χ0n) is 13.1. The zero-order chi connectivity index (χ0) is 14.2. The van der Waals surface area contributed by atoms with Crippen molar-refractivity contribution in [2.45, 2.75) is 39.5 Å². The first-order chi connectivity index (χ1) is 9.27. The second kappa shape index (κ2) is 15.9. The molecule has 0 fully saturated rings. The molecule has 0 unspecified atom stereocenters. The van der Waals surface area contributed by atoms with Crippen molar-refractivity contribution in [2.75, 3.05) is 53.2 Å². The van der Waals surface area contributed by atoms with E-state index in [1.807, 2.05) is 0 Å². The third-order valence-corrected chi connectivity index (χ3v) is 2.75. The first kappa shape index (κ1) is 18.8. The minimum absolute atomic E-state index is 0.656. The maximum Gasteiger partial charge on any atom is 0.0701 e. The van der Waals surface area contributed by atoms with Crippen molar-refractivity contribution < 1.29 is 14.2 Å². The molecule has 0 amide bonds. The molecule has 0 rings (SSSR count). The fourth-order valence-electron chi connectivity index (χ4n) is 1.66. The van der Waals surface area contributed by atoms with Gasteiger partial charge in [0.25, 0.3) is 0 Å². The molecule has 0 aliphatic rings. The SMILES string of the molecule is COCCOCCOCCCCCCNCC(C)C. The van der Waals surface area contributed by atoms with Crippen LogP contribution in [0.5, 0.6) is 0 Å². The summed E-state index contributed by atoms with van der Waals surface area (Å²) in [7, 11) is 1.68. The smallest absolute Gasteiger partial charge is 0.0701 e. The summed E-state index contributed by atoms with van der Waals surface area (Å²) in [4.78, 5) is 0. The molecule has 0 saturated heterocycles. The molecule has 0 heterocycles. The molecule has 0 aromatic carbocycles. The first-order valence-electron chi connectivity index (χ1n) is 7.62. The number of ether oxygens (including phenoxy) is 3. The Morgan fingerprint density at radius 1 is 0.789 bits per heavy atom. The van der Waals surface area contributed by atoms with Gasteiger partial charge in [-0.15, -0.1) is 0 Å².